The summed E-state index contributed by atoms with van der Waals surface area (Å²) in [6.45, 7) is 4.19. The highest BCUT2D eigenvalue weighted by atomic mass is 19.1. The molecule has 0 bridgehead atoms. The Labute approximate surface area is 153 Å². The lowest BCUT2D eigenvalue weighted by atomic mass is 9.85. The minimum absolute atomic E-state index is 0.316. The van der Waals surface area contributed by atoms with Gasteiger partial charge < -0.3 is 10.6 Å². The first-order valence-electron chi connectivity index (χ1n) is 9.11. The molecule has 7 heteroatoms. The molecule has 1 saturated heterocycles. The van der Waals surface area contributed by atoms with Crippen LogP contribution in [0.1, 0.15) is 51.5 Å². The molecule has 26 heavy (non-hydrogen) atoms. The molecule has 2 N–H and O–H groups in total. The van der Waals surface area contributed by atoms with Gasteiger partial charge in [-0.25, -0.2) is 9.18 Å². The van der Waals surface area contributed by atoms with Gasteiger partial charge in [-0.3, -0.25) is 14.5 Å². The van der Waals surface area contributed by atoms with Crippen molar-refractivity contribution in [1.29, 1.82) is 0 Å². The van der Waals surface area contributed by atoms with Crippen molar-refractivity contribution in [2.75, 3.05) is 13.1 Å². The smallest absolute Gasteiger partial charge is 0.325 e. The van der Waals surface area contributed by atoms with Gasteiger partial charge in [-0.1, -0.05) is 45.2 Å². The Morgan fingerprint density at radius 1 is 1.15 bits per heavy atom. The molecule has 1 atom stereocenters. The van der Waals surface area contributed by atoms with Crippen LogP contribution in [0.25, 0.3) is 0 Å². The van der Waals surface area contributed by atoms with Crippen LogP contribution in [0.5, 0.6) is 0 Å². The number of halogens is 1. The molecule has 0 saturated carbocycles. The van der Waals surface area contributed by atoms with Crippen molar-refractivity contribution in [3.05, 3.63) is 35.6 Å². The number of urea groups is 1. The second-order valence-electron chi connectivity index (χ2n) is 6.54. The molecule has 0 spiro atoms. The highest BCUT2D eigenvalue weighted by molar-refractivity contribution is 6.09. The van der Waals surface area contributed by atoms with E-state index in [0.29, 0.717) is 24.9 Å². The molecular formula is C19H26FN3O3. The number of carbonyl (C=O) groups excluding carboxylic acids is 3. The second-order valence-corrected chi connectivity index (χ2v) is 6.54. The van der Waals surface area contributed by atoms with Crippen LogP contribution in [-0.2, 0) is 15.1 Å². The van der Waals surface area contributed by atoms with E-state index in [1.165, 1.54) is 24.3 Å². The standard InChI is InChI=1S/C19H26FN3O3/c1-3-5-11-19(14-7-9-15(20)10-8-14)17(25)23(18(26)22-19)13-16(24)21-12-6-4-2/h7-10H,3-6,11-13H2,1-2H3,(H,21,24)(H,22,26). The average molecular weight is 363 g/mol. The van der Waals surface area contributed by atoms with Crippen molar-refractivity contribution in [1.82, 2.24) is 15.5 Å². The van der Waals surface area contributed by atoms with E-state index in [-0.39, 0.29) is 12.5 Å². The lowest BCUT2D eigenvalue weighted by Crippen LogP contribution is -2.45. The van der Waals surface area contributed by atoms with Gasteiger partial charge in [0.15, 0.2) is 0 Å². The van der Waals surface area contributed by atoms with E-state index in [1.54, 1.807) is 0 Å². The fraction of sp³-hybridized carbons (Fsp3) is 0.526. The average Bonchev–Trinajstić information content (AvgIpc) is 2.86. The first-order valence-corrected chi connectivity index (χ1v) is 9.11. The number of imide groups is 1. The van der Waals surface area contributed by atoms with Crippen molar-refractivity contribution in [3.8, 4) is 0 Å². The van der Waals surface area contributed by atoms with Gasteiger partial charge in [-0.2, -0.15) is 0 Å². The fourth-order valence-electron chi connectivity index (χ4n) is 3.06. The normalized spacial score (nSPS) is 19.6. The van der Waals surface area contributed by atoms with Crippen LogP contribution < -0.4 is 10.6 Å². The summed E-state index contributed by atoms with van der Waals surface area (Å²) in [7, 11) is 0. The lowest BCUT2D eigenvalue weighted by molar-refractivity contribution is -0.135. The van der Waals surface area contributed by atoms with E-state index in [9.17, 15) is 18.8 Å². The monoisotopic (exact) mass is 363 g/mol. The number of hydrogen-bond donors (Lipinski definition) is 2. The van der Waals surface area contributed by atoms with Crippen LogP contribution in [0.15, 0.2) is 24.3 Å². The number of benzene rings is 1. The van der Waals surface area contributed by atoms with Crippen molar-refractivity contribution < 1.29 is 18.8 Å². The first kappa shape index (κ1) is 19.9. The van der Waals surface area contributed by atoms with Gasteiger partial charge in [0.2, 0.25) is 5.91 Å². The lowest BCUT2D eigenvalue weighted by Gasteiger charge is -2.27. The predicted molar refractivity (Wildman–Crippen MR) is 95.8 cm³/mol. The number of hydrogen-bond acceptors (Lipinski definition) is 3. The van der Waals surface area contributed by atoms with Crippen LogP contribution in [0.4, 0.5) is 9.18 Å². The number of carbonyl (C=O) groups is 3. The maximum atomic E-state index is 13.3. The molecule has 0 aliphatic carbocycles. The maximum absolute atomic E-state index is 13.3. The number of amides is 4. The number of rotatable bonds is 9. The number of nitrogens with zero attached hydrogens (tertiary/aromatic N) is 1. The highest BCUT2D eigenvalue weighted by Crippen LogP contribution is 2.34. The molecule has 1 aliphatic rings. The summed E-state index contributed by atoms with van der Waals surface area (Å²) in [5.41, 5.74) is -0.718. The minimum atomic E-state index is -1.25. The third kappa shape index (κ3) is 4.20. The molecule has 1 aromatic carbocycles. The summed E-state index contributed by atoms with van der Waals surface area (Å²) in [6, 6.07) is 4.95. The largest absolute Gasteiger partial charge is 0.355 e. The van der Waals surface area contributed by atoms with Crippen LogP contribution in [0.3, 0.4) is 0 Å². The number of nitrogens with one attached hydrogen (secondary N) is 2. The summed E-state index contributed by atoms with van der Waals surface area (Å²) < 4.78 is 13.3. The van der Waals surface area contributed by atoms with E-state index >= 15 is 0 Å². The second kappa shape index (κ2) is 8.78. The molecule has 6 nitrogen and oxygen atoms in total. The van der Waals surface area contributed by atoms with E-state index in [0.717, 1.165) is 24.2 Å². The topological polar surface area (TPSA) is 78.5 Å². The zero-order valence-electron chi connectivity index (χ0n) is 15.3. The van der Waals surface area contributed by atoms with Crippen LogP contribution >= 0.6 is 0 Å². The zero-order chi connectivity index (χ0) is 19.2. The Kier molecular flexibility index (Phi) is 6.71. The Balaban J connectivity index is 2.22. The first-order chi connectivity index (χ1) is 12.4. The fourth-order valence-corrected chi connectivity index (χ4v) is 3.06. The Morgan fingerprint density at radius 2 is 1.81 bits per heavy atom. The van der Waals surface area contributed by atoms with Crippen molar-refractivity contribution >= 4 is 17.8 Å². The van der Waals surface area contributed by atoms with E-state index < -0.39 is 23.3 Å². The molecular weight excluding hydrogens is 337 g/mol. The molecule has 4 amide bonds. The summed E-state index contributed by atoms with van der Waals surface area (Å²) in [5, 5.41) is 5.45. The van der Waals surface area contributed by atoms with E-state index in [2.05, 4.69) is 10.6 Å². The highest BCUT2D eigenvalue weighted by Gasteiger charge is 2.52. The summed E-state index contributed by atoms with van der Waals surface area (Å²) in [5.74, 6) is -1.25. The molecule has 142 valence electrons. The van der Waals surface area contributed by atoms with Crippen LogP contribution in [0.2, 0.25) is 0 Å². The molecule has 2 rings (SSSR count). The zero-order valence-corrected chi connectivity index (χ0v) is 15.3. The molecule has 0 aromatic heterocycles. The molecule has 0 radical (unpaired) electrons. The van der Waals surface area contributed by atoms with E-state index in [4.69, 9.17) is 0 Å². The van der Waals surface area contributed by atoms with Gasteiger partial charge in [-0.05, 0) is 30.5 Å². The van der Waals surface area contributed by atoms with Crippen molar-refractivity contribution in [2.45, 2.75) is 51.5 Å². The Bertz CT molecular complexity index is 662. The quantitative estimate of drug-likeness (QED) is 0.523. The Hall–Kier alpha value is -2.44. The summed E-state index contributed by atoms with van der Waals surface area (Å²) in [6.07, 6.45) is 3.72. The van der Waals surface area contributed by atoms with Crippen molar-refractivity contribution in [3.63, 3.8) is 0 Å². The predicted octanol–water partition coefficient (Wildman–Crippen LogP) is 2.68. The molecule has 1 heterocycles. The SMILES string of the molecule is CCCCNC(=O)CN1C(=O)NC(CCCC)(c2ccc(F)cc2)C1=O. The van der Waals surface area contributed by atoms with Gasteiger partial charge in [0.05, 0.1) is 0 Å². The van der Waals surface area contributed by atoms with Gasteiger partial charge in [0.25, 0.3) is 5.91 Å². The summed E-state index contributed by atoms with van der Waals surface area (Å²) >= 11 is 0. The Morgan fingerprint density at radius 3 is 2.42 bits per heavy atom. The van der Waals surface area contributed by atoms with Crippen molar-refractivity contribution in [2.24, 2.45) is 0 Å². The molecule has 1 fully saturated rings. The number of unbranched alkanes of at least 4 members (excludes halogenated alkanes) is 2. The summed E-state index contributed by atoms with van der Waals surface area (Å²) in [4.78, 5) is 38.5. The third-order valence-corrected chi connectivity index (χ3v) is 4.57. The van der Waals surface area contributed by atoms with Gasteiger partial charge in [0.1, 0.15) is 17.9 Å². The van der Waals surface area contributed by atoms with Crippen LogP contribution in [0, 0.1) is 5.82 Å². The molecule has 1 aromatic rings. The minimum Gasteiger partial charge on any atom is -0.355 e. The molecule has 1 aliphatic heterocycles. The maximum Gasteiger partial charge on any atom is 0.325 e. The van der Waals surface area contributed by atoms with E-state index in [1.807, 2.05) is 13.8 Å². The third-order valence-electron chi connectivity index (χ3n) is 4.57. The molecule has 1 unspecified atom stereocenters. The van der Waals surface area contributed by atoms with Gasteiger partial charge in [0, 0.05) is 6.54 Å². The van der Waals surface area contributed by atoms with Crippen LogP contribution in [-0.4, -0.2) is 35.8 Å². The van der Waals surface area contributed by atoms with Gasteiger partial charge in [-0.15, -0.1) is 0 Å². The van der Waals surface area contributed by atoms with Gasteiger partial charge >= 0.3 is 6.03 Å².